The maximum atomic E-state index is 5.79. The molecule has 0 N–H and O–H groups in total. The van der Waals surface area contributed by atoms with Crippen LogP contribution >= 0.6 is 11.6 Å². The van der Waals surface area contributed by atoms with Gasteiger partial charge >= 0.3 is 0 Å². The van der Waals surface area contributed by atoms with Crippen LogP contribution in [-0.2, 0) is 6.42 Å². The summed E-state index contributed by atoms with van der Waals surface area (Å²) >= 11 is 5.79. The molecule has 14 heavy (non-hydrogen) atoms. The Labute approximate surface area is 87.6 Å². The van der Waals surface area contributed by atoms with E-state index in [4.69, 9.17) is 11.6 Å². The van der Waals surface area contributed by atoms with Gasteiger partial charge in [-0.15, -0.1) is 0 Å². The van der Waals surface area contributed by atoms with Crippen molar-refractivity contribution in [3.63, 3.8) is 0 Å². The van der Waals surface area contributed by atoms with Crippen LogP contribution in [0.5, 0.6) is 0 Å². The average Bonchev–Trinajstić information content (AvgIpc) is 2.23. The number of aromatic nitrogens is 2. The SMILES string of the molecule is Clc1ccc(Cc2ccncn2)cc1. The molecule has 0 atom stereocenters. The largest absolute Gasteiger partial charge is 0.245 e. The van der Waals surface area contributed by atoms with Gasteiger partial charge in [-0.2, -0.15) is 0 Å². The molecule has 0 saturated heterocycles. The third-order valence-corrected chi connectivity index (χ3v) is 2.19. The molecule has 0 spiro atoms. The molecular weight excluding hydrogens is 196 g/mol. The van der Waals surface area contributed by atoms with Crippen molar-refractivity contribution < 1.29 is 0 Å². The molecule has 70 valence electrons. The van der Waals surface area contributed by atoms with Crippen LogP contribution in [0.2, 0.25) is 5.02 Å². The minimum Gasteiger partial charge on any atom is -0.245 e. The van der Waals surface area contributed by atoms with E-state index in [1.54, 1.807) is 12.5 Å². The van der Waals surface area contributed by atoms with Crippen LogP contribution in [0.15, 0.2) is 42.9 Å². The highest BCUT2D eigenvalue weighted by atomic mass is 35.5. The molecule has 2 aromatic rings. The summed E-state index contributed by atoms with van der Waals surface area (Å²) in [7, 11) is 0. The molecule has 1 aromatic heterocycles. The van der Waals surface area contributed by atoms with Crippen LogP contribution in [0, 0.1) is 0 Å². The van der Waals surface area contributed by atoms with Gasteiger partial charge in [-0.25, -0.2) is 9.97 Å². The number of halogens is 1. The second-order valence-corrected chi connectivity index (χ2v) is 3.44. The Morgan fingerprint density at radius 2 is 1.86 bits per heavy atom. The van der Waals surface area contributed by atoms with Gasteiger partial charge in [0.1, 0.15) is 6.33 Å². The second-order valence-electron chi connectivity index (χ2n) is 3.00. The molecule has 0 unspecified atom stereocenters. The van der Waals surface area contributed by atoms with Gasteiger partial charge < -0.3 is 0 Å². The topological polar surface area (TPSA) is 25.8 Å². The predicted molar refractivity (Wildman–Crippen MR) is 56.3 cm³/mol. The first-order valence-electron chi connectivity index (χ1n) is 4.34. The molecule has 2 nitrogen and oxygen atoms in total. The lowest BCUT2D eigenvalue weighted by molar-refractivity contribution is 1.03. The average molecular weight is 205 g/mol. The van der Waals surface area contributed by atoms with E-state index >= 15 is 0 Å². The highest BCUT2D eigenvalue weighted by Crippen LogP contribution is 2.11. The molecule has 1 heterocycles. The van der Waals surface area contributed by atoms with Gasteiger partial charge in [0.25, 0.3) is 0 Å². The van der Waals surface area contributed by atoms with Crippen molar-refractivity contribution >= 4 is 11.6 Å². The molecule has 0 radical (unpaired) electrons. The first kappa shape index (κ1) is 9.16. The molecule has 0 aliphatic carbocycles. The van der Waals surface area contributed by atoms with Crippen LogP contribution < -0.4 is 0 Å². The van der Waals surface area contributed by atoms with Crippen molar-refractivity contribution in [2.75, 3.05) is 0 Å². The molecule has 3 heteroatoms. The summed E-state index contributed by atoms with van der Waals surface area (Å²) in [5, 5.41) is 0.761. The smallest absolute Gasteiger partial charge is 0.115 e. The Kier molecular flexibility index (Phi) is 2.75. The number of hydrogen-bond acceptors (Lipinski definition) is 2. The maximum absolute atomic E-state index is 5.79. The first-order valence-corrected chi connectivity index (χ1v) is 4.72. The molecule has 0 bridgehead atoms. The molecule has 0 saturated carbocycles. The molecular formula is C11H9ClN2. The van der Waals surface area contributed by atoms with Crippen molar-refractivity contribution in [2.45, 2.75) is 6.42 Å². The van der Waals surface area contributed by atoms with E-state index in [0.29, 0.717) is 0 Å². The summed E-state index contributed by atoms with van der Waals surface area (Å²) < 4.78 is 0. The molecule has 0 aliphatic rings. The van der Waals surface area contributed by atoms with Crippen LogP contribution in [0.3, 0.4) is 0 Å². The summed E-state index contributed by atoms with van der Waals surface area (Å²) in [4.78, 5) is 8.02. The summed E-state index contributed by atoms with van der Waals surface area (Å²) in [5.41, 5.74) is 2.22. The first-order chi connectivity index (χ1) is 6.84. The summed E-state index contributed by atoms with van der Waals surface area (Å²) in [6.45, 7) is 0. The zero-order chi connectivity index (χ0) is 9.80. The number of nitrogens with zero attached hydrogens (tertiary/aromatic N) is 2. The molecule has 0 amide bonds. The molecule has 0 fully saturated rings. The van der Waals surface area contributed by atoms with Crippen LogP contribution in [-0.4, -0.2) is 9.97 Å². The minimum atomic E-state index is 0.761. The third kappa shape index (κ3) is 2.30. The quantitative estimate of drug-likeness (QED) is 0.752. The lowest BCUT2D eigenvalue weighted by Crippen LogP contribution is -1.91. The van der Waals surface area contributed by atoms with Crippen molar-refractivity contribution in [3.8, 4) is 0 Å². The van der Waals surface area contributed by atoms with Crippen LogP contribution in [0.25, 0.3) is 0 Å². The number of rotatable bonds is 2. The van der Waals surface area contributed by atoms with E-state index in [1.807, 2.05) is 30.3 Å². The maximum Gasteiger partial charge on any atom is 0.115 e. The summed E-state index contributed by atoms with van der Waals surface area (Å²) in [5.74, 6) is 0. The third-order valence-electron chi connectivity index (χ3n) is 1.94. The van der Waals surface area contributed by atoms with E-state index in [-0.39, 0.29) is 0 Å². The van der Waals surface area contributed by atoms with Gasteiger partial charge in [0.05, 0.1) is 0 Å². The van der Waals surface area contributed by atoms with Gasteiger partial charge in [-0.1, -0.05) is 23.7 Å². The van der Waals surface area contributed by atoms with Crippen molar-refractivity contribution in [3.05, 3.63) is 59.1 Å². The zero-order valence-corrected chi connectivity index (χ0v) is 8.28. The van der Waals surface area contributed by atoms with Crippen molar-refractivity contribution in [1.29, 1.82) is 0 Å². The van der Waals surface area contributed by atoms with Crippen LogP contribution in [0.4, 0.5) is 0 Å². The van der Waals surface area contributed by atoms with E-state index in [2.05, 4.69) is 9.97 Å². The fourth-order valence-electron chi connectivity index (χ4n) is 1.23. The Balaban J connectivity index is 2.16. The lowest BCUT2D eigenvalue weighted by Gasteiger charge is -1.99. The van der Waals surface area contributed by atoms with E-state index in [1.165, 1.54) is 5.56 Å². The van der Waals surface area contributed by atoms with Gasteiger partial charge in [0, 0.05) is 23.3 Å². The van der Waals surface area contributed by atoms with E-state index in [9.17, 15) is 0 Å². The molecule has 1 aromatic carbocycles. The number of benzene rings is 1. The Bertz CT molecular complexity index is 397. The monoisotopic (exact) mass is 204 g/mol. The van der Waals surface area contributed by atoms with Crippen LogP contribution in [0.1, 0.15) is 11.3 Å². The van der Waals surface area contributed by atoms with Crippen molar-refractivity contribution in [1.82, 2.24) is 9.97 Å². The van der Waals surface area contributed by atoms with E-state index < -0.39 is 0 Å². The Morgan fingerprint density at radius 3 is 2.50 bits per heavy atom. The fraction of sp³-hybridized carbons (Fsp3) is 0.0909. The zero-order valence-electron chi connectivity index (χ0n) is 7.52. The van der Waals surface area contributed by atoms with Gasteiger partial charge in [0.2, 0.25) is 0 Å². The van der Waals surface area contributed by atoms with Gasteiger partial charge in [-0.3, -0.25) is 0 Å². The lowest BCUT2D eigenvalue weighted by atomic mass is 10.1. The summed E-state index contributed by atoms with van der Waals surface area (Å²) in [6, 6.07) is 9.69. The number of hydrogen-bond donors (Lipinski definition) is 0. The fourth-order valence-corrected chi connectivity index (χ4v) is 1.36. The minimum absolute atomic E-state index is 0.761. The van der Waals surface area contributed by atoms with E-state index in [0.717, 1.165) is 17.1 Å². The van der Waals surface area contributed by atoms with Crippen molar-refractivity contribution in [2.24, 2.45) is 0 Å². The predicted octanol–water partition coefficient (Wildman–Crippen LogP) is 2.72. The van der Waals surface area contributed by atoms with Gasteiger partial charge in [0.15, 0.2) is 0 Å². The molecule has 0 aliphatic heterocycles. The second kappa shape index (κ2) is 4.20. The highest BCUT2D eigenvalue weighted by molar-refractivity contribution is 6.30. The Hall–Kier alpha value is -1.41. The summed E-state index contributed by atoms with van der Waals surface area (Å²) in [6.07, 6.45) is 4.13. The highest BCUT2D eigenvalue weighted by Gasteiger charge is 1.96. The normalized spacial score (nSPS) is 10.1. The van der Waals surface area contributed by atoms with Gasteiger partial charge in [-0.05, 0) is 23.8 Å². The Morgan fingerprint density at radius 1 is 1.07 bits per heavy atom. The molecule has 2 rings (SSSR count). The standard InChI is InChI=1S/C11H9ClN2/c12-10-3-1-9(2-4-10)7-11-5-6-13-8-14-11/h1-6,8H,7H2.